The van der Waals surface area contributed by atoms with Crippen molar-refractivity contribution in [3.8, 4) is 11.4 Å². The van der Waals surface area contributed by atoms with Gasteiger partial charge in [-0.05, 0) is 36.4 Å². The standard InChI is InChI=1S/C18H15ClFN5O3/c19-15-7-14(5-6-16(15)20)28-9-18(27)22-8-17(26)24-12-1-3-13(4-2-12)25-11-21-10-23-25/h1-7,10-11H,8-9H2,(H,22,27)(H,24,26). The summed E-state index contributed by atoms with van der Waals surface area (Å²) in [4.78, 5) is 27.6. The quantitative estimate of drug-likeness (QED) is 0.630. The van der Waals surface area contributed by atoms with Crippen LogP contribution < -0.4 is 15.4 Å². The van der Waals surface area contributed by atoms with Crippen LogP contribution in [0.3, 0.4) is 0 Å². The topological polar surface area (TPSA) is 98.1 Å². The number of amides is 2. The molecule has 28 heavy (non-hydrogen) atoms. The third kappa shape index (κ3) is 5.27. The predicted molar refractivity (Wildman–Crippen MR) is 99.9 cm³/mol. The molecule has 3 rings (SSSR count). The van der Waals surface area contributed by atoms with Gasteiger partial charge in [-0.3, -0.25) is 9.59 Å². The second-order valence-corrected chi connectivity index (χ2v) is 5.98. The van der Waals surface area contributed by atoms with Crippen molar-refractivity contribution in [1.29, 1.82) is 0 Å². The second kappa shape index (κ2) is 8.96. The molecule has 0 radical (unpaired) electrons. The minimum Gasteiger partial charge on any atom is -0.484 e. The summed E-state index contributed by atoms with van der Waals surface area (Å²) in [5.74, 6) is -1.23. The molecule has 0 aliphatic rings. The molecule has 0 saturated heterocycles. The normalized spacial score (nSPS) is 10.4. The minimum atomic E-state index is -0.579. The zero-order valence-electron chi connectivity index (χ0n) is 14.4. The minimum absolute atomic E-state index is 0.105. The van der Waals surface area contributed by atoms with E-state index in [9.17, 15) is 14.0 Å². The zero-order valence-corrected chi connectivity index (χ0v) is 15.2. The van der Waals surface area contributed by atoms with E-state index in [0.29, 0.717) is 5.69 Å². The maximum Gasteiger partial charge on any atom is 0.258 e. The van der Waals surface area contributed by atoms with Gasteiger partial charge in [0.1, 0.15) is 24.2 Å². The number of hydrogen-bond donors (Lipinski definition) is 2. The van der Waals surface area contributed by atoms with Crippen molar-refractivity contribution in [2.24, 2.45) is 0 Å². The van der Waals surface area contributed by atoms with Gasteiger partial charge in [0.05, 0.1) is 17.3 Å². The summed E-state index contributed by atoms with van der Waals surface area (Å²) in [6, 6.07) is 10.7. The first kappa shape index (κ1) is 19.3. The Morgan fingerprint density at radius 3 is 2.61 bits per heavy atom. The molecule has 1 heterocycles. The van der Waals surface area contributed by atoms with Gasteiger partial charge in [0.25, 0.3) is 5.91 Å². The molecule has 3 aromatic rings. The van der Waals surface area contributed by atoms with Crippen molar-refractivity contribution in [2.45, 2.75) is 0 Å². The van der Waals surface area contributed by atoms with Crippen molar-refractivity contribution >= 4 is 29.1 Å². The molecule has 144 valence electrons. The Morgan fingerprint density at radius 2 is 1.93 bits per heavy atom. The Balaban J connectivity index is 1.42. The highest BCUT2D eigenvalue weighted by atomic mass is 35.5. The fraction of sp³-hybridized carbons (Fsp3) is 0.111. The average molecular weight is 404 g/mol. The van der Waals surface area contributed by atoms with E-state index in [4.69, 9.17) is 16.3 Å². The Hall–Kier alpha value is -3.46. The SMILES string of the molecule is O=C(COc1ccc(F)c(Cl)c1)NCC(=O)Nc1ccc(-n2cncn2)cc1. The van der Waals surface area contributed by atoms with E-state index in [1.807, 2.05) is 0 Å². The molecule has 2 aromatic carbocycles. The lowest BCUT2D eigenvalue weighted by atomic mass is 10.3. The highest BCUT2D eigenvalue weighted by Gasteiger charge is 2.08. The predicted octanol–water partition coefficient (Wildman–Crippen LogP) is 2.19. The lowest BCUT2D eigenvalue weighted by Gasteiger charge is -2.09. The summed E-state index contributed by atoms with van der Waals surface area (Å²) in [5.41, 5.74) is 1.36. The van der Waals surface area contributed by atoms with Crippen molar-refractivity contribution < 1.29 is 18.7 Å². The van der Waals surface area contributed by atoms with Crippen molar-refractivity contribution in [1.82, 2.24) is 20.1 Å². The molecule has 0 unspecified atom stereocenters. The van der Waals surface area contributed by atoms with Crippen LogP contribution in [0.5, 0.6) is 5.75 Å². The molecule has 2 amide bonds. The zero-order chi connectivity index (χ0) is 19.9. The van der Waals surface area contributed by atoms with E-state index < -0.39 is 17.6 Å². The van der Waals surface area contributed by atoms with Crippen LogP contribution >= 0.6 is 11.6 Å². The summed E-state index contributed by atoms with van der Waals surface area (Å²) < 4.78 is 19.8. The molecular formula is C18H15ClFN5O3. The van der Waals surface area contributed by atoms with Crippen LogP contribution in [0, 0.1) is 5.82 Å². The molecule has 0 saturated carbocycles. The van der Waals surface area contributed by atoms with Crippen LogP contribution in [0.4, 0.5) is 10.1 Å². The van der Waals surface area contributed by atoms with Crippen LogP contribution in [0.2, 0.25) is 5.02 Å². The van der Waals surface area contributed by atoms with Crippen LogP contribution in [-0.2, 0) is 9.59 Å². The second-order valence-electron chi connectivity index (χ2n) is 5.58. The van der Waals surface area contributed by atoms with E-state index in [-0.39, 0.29) is 23.9 Å². The number of nitrogens with zero attached hydrogens (tertiary/aromatic N) is 3. The Kier molecular flexibility index (Phi) is 6.18. The smallest absolute Gasteiger partial charge is 0.258 e. The fourth-order valence-electron chi connectivity index (χ4n) is 2.19. The molecule has 0 spiro atoms. The van der Waals surface area contributed by atoms with Gasteiger partial charge < -0.3 is 15.4 Å². The van der Waals surface area contributed by atoms with Crippen LogP contribution in [0.1, 0.15) is 0 Å². The Morgan fingerprint density at radius 1 is 1.14 bits per heavy atom. The van der Waals surface area contributed by atoms with Crippen molar-refractivity contribution in [3.05, 3.63) is 66.0 Å². The number of halogens is 2. The fourth-order valence-corrected chi connectivity index (χ4v) is 2.36. The maximum atomic E-state index is 13.1. The van der Waals surface area contributed by atoms with Gasteiger partial charge in [-0.25, -0.2) is 14.1 Å². The van der Waals surface area contributed by atoms with E-state index >= 15 is 0 Å². The largest absolute Gasteiger partial charge is 0.484 e. The molecule has 0 bridgehead atoms. The van der Waals surface area contributed by atoms with E-state index in [1.54, 1.807) is 35.3 Å². The number of aromatic nitrogens is 3. The van der Waals surface area contributed by atoms with E-state index in [2.05, 4.69) is 20.7 Å². The first-order chi connectivity index (χ1) is 13.5. The summed E-state index contributed by atoms with van der Waals surface area (Å²) in [7, 11) is 0. The number of ether oxygens (including phenoxy) is 1. The molecule has 1 aromatic heterocycles. The first-order valence-electron chi connectivity index (χ1n) is 8.11. The summed E-state index contributed by atoms with van der Waals surface area (Å²) in [6.07, 6.45) is 2.98. The number of hydrogen-bond acceptors (Lipinski definition) is 5. The summed E-state index contributed by atoms with van der Waals surface area (Å²) in [5, 5.41) is 8.99. The van der Waals surface area contributed by atoms with Gasteiger partial charge >= 0.3 is 0 Å². The Labute approximate surface area is 164 Å². The molecule has 10 heteroatoms. The number of rotatable bonds is 7. The first-order valence-corrected chi connectivity index (χ1v) is 8.48. The van der Waals surface area contributed by atoms with Gasteiger partial charge in [-0.2, -0.15) is 5.10 Å². The molecule has 0 aliphatic carbocycles. The lowest BCUT2D eigenvalue weighted by molar-refractivity contribution is -0.125. The third-order valence-electron chi connectivity index (χ3n) is 3.54. The van der Waals surface area contributed by atoms with Gasteiger partial charge in [-0.1, -0.05) is 11.6 Å². The molecule has 2 N–H and O–H groups in total. The number of carbonyl (C=O) groups is 2. The van der Waals surface area contributed by atoms with Crippen LogP contribution in [0.15, 0.2) is 55.1 Å². The molecule has 0 aliphatic heterocycles. The lowest BCUT2D eigenvalue weighted by Crippen LogP contribution is -2.35. The van der Waals surface area contributed by atoms with Crippen LogP contribution in [0.25, 0.3) is 5.69 Å². The van der Waals surface area contributed by atoms with Gasteiger partial charge in [-0.15, -0.1) is 0 Å². The monoisotopic (exact) mass is 403 g/mol. The molecule has 0 fully saturated rings. The Bertz CT molecular complexity index is 964. The third-order valence-corrected chi connectivity index (χ3v) is 3.83. The molecular weight excluding hydrogens is 389 g/mol. The summed E-state index contributed by atoms with van der Waals surface area (Å²) in [6.45, 7) is -0.557. The number of nitrogens with one attached hydrogen (secondary N) is 2. The average Bonchev–Trinajstić information content (AvgIpc) is 3.23. The number of benzene rings is 2. The van der Waals surface area contributed by atoms with Gasteiger partial charge in [0, 0.05) is 11.8 Å². The van der Waals surface area contributed by atoms with E-state index in [0.717, 1.165) is 11.8 Å². The van der Waals surface area contributed by atoms with E-state index in [1.165, 1.54) is 18.5 Å². The van der Waals surface area contributed by atoms with Crippen LogP contribution in [-0.4, -0.2) is 39.7 Å². The van der Waals surface area contributed by atoms with Crippen molar-refractivity contribution in [2.75, 3.05) is 18.5 Å². The highest BCUT2D eigenvalue weighted by Crippen LogP contribution is 2.20. The van der Waals surface area contributed by atoms with Gasteiger partial charge in [0.2, 0.25) is 5.91 Å². The summed E-state index contributed by atoms with van der Waals surface area (Å²) >= 11 is 5.63. The maximum absolute atomic E-state index is 13.1. The molecule has 8 nitrogen and oxygen atoms in total. The van der Waals surface area contributed by atoms with Gasteiger partial charge in [0.15, 0.2) is 6.61 Å². The number of carbonyl (C=O) groups excluding carboxylic acids is 2. The highest BCUT2D eigenvalue weighted by molar-refractivity contribution is 6.30. The number of anilines is 1. The molecule has 0 atom stereocenters. The van der Waals surface area contributed by atoms with Crippen molar-refractivity contribution in [3.63, 3.8) is 0 Å².